The Morgan fingerprint density at radius 3 is 2.38 bits per heavy atom. The first-order chi connectivity index (χ1) is 15.1. The van der Waals surface area contributed by atoms with Crippen LogP contribution in [0.3, 0.4) is 0 Å². The lowest BCUT2D eigenvalue weighted by atomic mass is 9.86. The van der Waals surface area contributed by atoms with Gasteiger partial charge in [-0.1, -0.05) is 70.0 Å². The smallest absolute Gasteiger partial charge is 0.308 e. The van der Waals surface area contributed by atoms with Crippen LogP contribution >= 0.6 is 11.6 Å². The third kappa shape index (κ3) is 6.45. The van der Waals surface area contributed by atoms with E-state index in [0.717, 1.165) is 24.0 Å². The quantitative estimate of drug-likeness (QED) is 0.201. The predicted octanol–water partition coefficient (Wildman–Crippen LogP) is 5.96. The Labute approximate surface area is 196 Å². The highest BCUT2D eigenvalue weighted by Gasteiger charge is 2.22. The van der Waals surface area contributed by atoms with E-state index in [2.05, 4.69) is 43.0 Å². The molecule has 0 amide bonds. The molecule has 0 aliphatic rings. The van der Waals surface area contributed by atoms with Crippen molar-refractivity contribution < 1.29 is 14.3 Å². The van der Waals surface area contributed by atoms with E-state index in [0.29, 0.717) is 28.6 Å². The summed E-state index contributed by atoms with van der Waals surface area (Å²) in [5.41, 5.74) is 4.17. The van der Waals surface area contributed by atoms with E-state index in [4.69, 9.17) is 21.1 Å². The van der Waals surface area contributed by atoms with Crippen LogP contribution in [0.5, 0.6) is 0 Å². The van der Waals surface area contributed by atoms with Crippen LogP contribution in [0.15, 0.2) is 29.3 Å². The first-order valence-electron chi connectivity index (χ1n) is 10.8. The molecule has 0 spiro atoms. The molecular formula is C25H34ClN3O3. The van der Waals surface area contributed by atoms with Crippen molar-refractivity contribution >= 4 is 35.1 Å². The lowest BCUT2D eigenvalue weighted by molar-refractivity contribution is -0.151. The molecule has 6 nitrogen and oxygen atoms in total. The highest BCUT2D eigenvalue weighted by atomic mass is 35.5. The summed E-state index contributed by atoms with van der Waals surface area (Å²) in [4.78, 5) is 16.2. The van der Waals surface area contributed by atoms with Crippen LogP contribution in [0.4, 0.5) is 0 Å². The summed E-state index contributed by atoms with van der Waals surface area (Å²) in [6.45, 7) is 10.2. The summed E-state index contributed by atoms with van der Waals surface area (Å²) in [6, 6.07) is 8.26. The highest BCUT2D eigenvalue weighted by Crippen LogP contribution is 2.33. The van der Waals surface area contributed by atoms with E-state index < -0.39 is 0 Å². The molecule has 2 aromatic rings. The van der Waals surface area contributed by atoms with Gasteiger partial charge < -0.3 is 9.47 Å². The molecule has 0 bridgehead atoms. The third-order valence-electron chi connectivity index (χ3n) is 5.09. The number of halogens is 1. The summed E-state index contributed by atoms with van der Waals surface area (Å²) in [5, 5.41) is 4.90. The monoisotopic (exact) mass is 459 g/mol. The van der Waals surface area contributed by atoms with Crippen molar-refractivity contribution in [3.8, 4) is 0 Å². The lowest BCUT2D eigenvalue weighted by Gasteiger charge is -2.20. The Morgan fingerprint density at radius 1 is 1.22 bits per heavy atom. The van der Waals surface area contributed by atoms with E-state index >= 15 is 0 Å². The first kappa shape index (κ1) is 25.7. The number of hydrogen-bond donors (Lipinski definition) is 0. The molecule has 32 heavy (non-hydrogen) atoms. The van der Waals surface area contributed by atoms with E-state index in [-0.39, 0.29) is 18.2 Å². The second kappa shape index (κ2) is 11.3. The summed E-state index contributed by atoms with van der Waals surface area (Å²) >= 11 is 6.59. The van der Waals surface area contributed by atoms with Crippen molar-refractivity contribution in [1.29, 1.82) is 0 Å². The van der Waals surface area contributed by atoms with Gasteiger partial charge in [0.25, 0.3) is 0 Å². The SMILES string of the molecule is CCCCC(=O)OCO/C(=C(/C=N\C)c1ccc(C(C)(C)C)cc1)c1c(Cl)c(C)nn1C. The molecule has 2 rings (SSSR count). The number of benzene rings is 1. The average molecular weight is 460 g/mol. The fourth-order valence-electron chi connectivity index (χ4n) is 3.24. The number of allylic oxidation sites excluding steroid dienone is 1. The summed E-state index contributed by atoms with van der Waals surface area (Å²) in [5.74, 6) is 0.161. The summed E-state index contributed by atoms with van der Waals surface area (Å²) < 4.78 is 13.0. The van der Waals surface area contributed by atoms with Gasteiger partial charge in [-0.05, 0) is 29.9 Å². The zero-order valence-electron chi connectivity index (χ0n) is 20.2. The van der Waals surface area contributed by atoms with E-state index in [9.17, 15) is 4.79 Å². The maximum absolute atomic E-state index is 12.0. The molecular weight excluding hydrogens is 426 g/mol. The Hall–Kier alpha value is -2.60. The number of rotatable bonds is 9. The lowest BCUT2D eigenvalue weighted by Crippen LogP contribution is -2.12. The standard InChI is InChI=1S/C25H34ClN3O3/c1-8-9-10-21(30)31-16-32-24(23-22(26)17(2)28-29(23)7)20(15-27-6)18-11-13-19(14-12-18)25(3,4)5/h11-15H,8-10,16H2,1-7H3/b24-20-,27-15-. The maximum atomic E-state index is 12.0. The minimum atomic E-state index is -0.293. The van der Waals surface area contributed by atoms with Crippen LogP contribution in [-0.4, -0.2) is 35.8 Å². The molecule has 0 fully saturated rings. The first-order valence-corrected chi connectivity index (χ1v) is 11.2. The molecule has 174 valence electrons. The summed E-state index contributed by atoms with van der Waals surface area (Å²) in [7, 11) is 3.50. The van der Waals surface area contributed by atoms with Crippen LogP contribution in [0.2, 0.25) is 5.02 Å². The minimum Gasteiger partial charge on any atom is -0.454 e. The number of aromatic nitrogens is 2. The van der Waals surface area contributed by atoms with Crippen LogP contribution in [-0.2, 0) is 26.7 Å². The number of carbonyl (C=O) groups is 1. The van der Waals surface area contributed by atoms with Crippen LogP contribution in [0.1, 0.15) is 69.5 Å². The zero-order chi connectivity index (χ0) is 23.9. The second-order valence-electron chi connectivity index (χ2n) is 8.71. The van der Waals surface area contributed by atoms with Gasteiger partial charge in [-0.3, -0.25) is 14.5 Å². The summed E-state index contributed by atoms with van der Waals surface area (Å²) in [6.07, 6.45) is 3.79. The van der Waals surface area contributed by atoms with Crippen molar-refractivity contribution in [2.24, 2.45) is 12.0 Å². The van der Waals surface area contributed by atoms with E-state index in [1.807, 2.05) is 26.0 Å². The maximum Gasteiger partial charge on any atom is 0.308 e. The molecule has 0 radical (unpaired) electrons. The Balaban J connectivity index is 2.53. The van der Waals surface area contributed by atoms with Gasteiger partial charge >= 0.3 is 5.97 Å². The molecule has 1 heterocycles. The number of unbranched alkanes of at least 4 members (excludes halogenated alkanes) is 1. The van der Waals surface area contributed by atoms with Crippen LogP contribution in [0, 0.1) is 6.92 Å². The second-order valence-corrected chi connectivity index (χ2v) is 9.09. The Kier molecular flexibility index (Phi) is 9.08. The van der Waals surface area contributed by atoms with Gasteiger partial charge in [0.15, 0.2) is 5.76 Å². The molecule has 0 saturated carbocycles. The number of ether oxygens (including phenoxy) is 2. The number of aryl methyl sites for hydroxylation is 2. The van der Waals surface area contributed by atoms with Gasteiger partial charge in [0, 0.05) is 32.3 Å². The molecule has 0 aliphatic carbocycles. The largest absolute Gasteiger partial charge is 0.454 e. The van der Waals surface area contributed by atoms with Crippen molar-refractivity contribution in [2.75, 3.05) is 13.8 Å². The van der Waals surface area contributed by atoms with Crippen molar-refractivity contribution in [3.05, 3.63) is 51.8 Å². The average Bonchev–Trinajstić information content (AvgIpc) is 2.99. The number of hydrogen-bond acceptors (Lipinski definition) is 5. The molecule has 1 aromatic heterocycles. The van der Waals surface area contributed by atoms with E-state index in [1.54, 1.807) is 25.0 Å². The molecule has 0 aliphatic heterocycles. The molecule has 0 atom stereocenters. The number of nitrogens with zero attached hydrogens (tertiary/aromatic N) is 3. The Morgan fingerprint density at radius 2 is 1.88 bits per heavy atom. The normalized spacial score (nSPS) is 12.8. The molecule has 0 saturated heterocycles. The van der Waals surface area contributed by atoms with E-state index in [1.165, 1.54) is 5.56 Å². The van der Waals surface area contributed by atoms with Crippen LogP contribution in [0.25, 0.3) is 11.3 Å². The van der Waals surface area contributed by atoms with Gasteiger partial charge in [0.05, 0.1) is 10.7 Å². The number of carbonyl (C=O) groups excluding carboxylic acids is 1. The molecule has 7 heteroatoms. The third-order valence-corrected chi connectivity index (χ3v) is 5.54. The number of aliphatic imine (C=N–C) groups is 1. The van der Waals surface area contributed by atoms with Gasteiger partial charge in [0.1, 0.15) is 5.69 Å². The van der Waals surface area contributed by atoms with Crippen molar-refractivity contribution in [1.82, 2.24) is 9.78 Å². The minimum absolute atomic E-state index is 0.0374. The van der Waals surface area contributed by atoms with Gasteiger partial charge in [-0.25, -0.2) is 0 Å². The Bertz CT molecular complexity index is 983. The zero-order valence-corrected chi connectivity index (χ0v) is 20.9. The fraction of sp³-hybridized carbons (Fsp3) is 0.480. The van der Waals surface area contributed by atoms with Gasteiger partial charge in [0.2, 0.25) is 6.79 Å². The van der Waals surface area contributed by atoms with Crippen molar-refractivity contribution in [3.63, 3.8) is 0 Å². The van der Waals surface area contributed by atoms with Crippen LogP contribution < -0.4 is 0 Å². The van der Waals surface area contributed by atoms with Gasteiger partial charge in [-0.15, -0.1) is 0 Å². The molecule has 0 unspecified atom stereocenters. The highest BCUT2D eigenvalue weighted by molar-refractivity contribution is 6.33. The topological polar surface area (TPSA) is 65.7 Å². The predicted molar refractivity (Wildman–Crippen MR) is 131 cm³/mol. The number of esters is 1. The van der Waals surface area contributed by atoms with Gasteiger partial charge in [-0.2, -0.15) is 5.10 Å². The molecule has 1 aromatic carbocycles. The molecule has 0 N–H and O–H groups in total. The fourth-order valence-corrected chi connectivity index (χ4v) is 3.49. The van der Waals surface area contributed by atoms with Crippen molar-refractivity contribution in [2.45, 2.75) is 59.3 Å².